The van der Waals surface area contributed by atoms with Crippen molar-refractivity contribution in [2.75, 3.05) is 0 Å². The Hall–Kier alpha value is -1.92. The van der Waals surface area contributed by atoms with Crippen molar-refractivity contribution < 1.29 is 18.7 Å². The molecule has 0 radical (unpaired) electrons. The first-order valence-corrected chi connectivity index (χ1v) is 9.03. The monoisotopic (exact) mass is 346 g/mol. The molecule has 1 aliphatic carbocycles. The van der Waals surface area contributed by atoms with E-state index in [-0.39, 0.29) is 11.6 Å². The van der Waals surface area contributed by atoms with Gasteiger partial charge in [0.15, 0.2) is 0 Å². The van der Waals surface area contributed by atoms with Crippen LogP contribution in [0.1, 0.15) is 59.8 Å². The molecule has 1 unspecified atom stereocenters. The van der Waals surface area contributed by atoms with Crippen LogP contribution < -0.4 is 0 Å². The third-order valence-electron chi connectivity index (χ3n) is 4.66. The summed E-state index contributed by atoms with van der Waals surface area (Å²) in [6.45, 7) is 4.50. The standard InChI is InChI=1S/C18H21NO4S/c1-12(2)14-9-16(17(20)21)19(11-14)10-13-3-5-15(6-4-13)18(7-8-18)24(22)23/h3-6,9,11-12H,7-8,10H2,1-2H3,(H,20,21)(H,22,23)/p-1. The van der Waals surface area contributed by atoms with E-state index >= 15 is 0 Å². The van der Waals surface area contributed by atoms with Gasteiger partial charge in [-0.05, 0) is 52.6 Å². The van der Waals surface area contributed by atoms with E-state index in [0.29, 0.717) is 19.4 Å². The van der Waals surface area contributed by atoms with Crippen molar-refractivity contribution in [3.63, 3.8) is 0 Å². The van der Waals surface area contributed by atoms with E-state index in [1.54, 1.807) is 10.6 Å². The van der Waals surface area contributed by atoms with Crippen LogP contribution >= 0.6 is 0 Å². The molecule has 1 fully saturated rings. The van der Waals surface area contributed by atoms with Crippen molar-refractivity contribution in [2.45, 2.75) is 43.9 Å². The lowest BCUT2D eigenvalue weighted by Crippen LogP contribution is -2.14. The van der Waals surface area contributed by atoms with Gasteiger partial charge >= 0.3 is 5.97 Å². The predicted molar refractivity (Wildman–Crippen MR) is 90.9 cm³/mol. The second kappa shape index (κ2) is 6.18. The fourth-order valence-electron chi connectivity index (χ4n) is 2.93. The summed E-state index contributed by atoms with van der Waals surface area (Å²) in [7, 11) is 0. The molecule has 0 bridgehead atoms. The van der Waals surface area contributed by atoms with Crippen LogP contribution in [0.3, 0.4) is 0 Å². The quantitative estimate of drug-likeness (QED) is 0.814. The molecule has 0 amide bonds. The first-order chi connectivity index (χ1) is 11.3. The summed E-state index contributed by atoms with van der Waals surface area (Å²) >= 11 is -2.11. The zero-order chi connectivity index (χ0) is 17.5. The predicted octanol–water partition coefficient (Wildman–Crippen LogP) is 3.23. The first-order valence-electron chi connectivity index (χ1n) is 7.95. The topological polar surface area (TPSA) is 82.4 Å². The Morgan fingerprint density at radius 3 is 2.42 bits per heavy atom. The zero-order valence-electron chi connectivity index (χ0n) is 13.7. The second-order valence-electron chi connectivity index (χ2n) is 6.67. The molecule has 0 spiro atoms. The highest BCUT2D eigenvalue weighted by Crippen LogP contribution is 2.50. The van der Waals surface area contributed by atoms with E-state index in [2.05, 4.69) is 0 Å². The van der Waals surface area contributed by atoms with Gasteiger partial charge < -0.3 is 14.2 Å². The van der Waals surface area contributed by atoms with E-state index < -0.39 is 21.8 Å². The molecule has 1 aromatic carbocycles. The van der Waals surface area contributed by atoms with E-state index in [9.17, 15) is 18.7 Å². The molecule has 1 atom stereocenters. The van der Waals surface area contributed by atoms with Crippen LogP contribution in [0.5, 0.6) is 0 Å². The average Bonchev–Trinajstić information content (AvgIpc) is 3.23. The molecular formula is C18H20NO4S-. The molecule has 0 aliphatic heterocycles. The van der Waals surface area contributed by atoms with Crippen LogP contribution in [0.4, 0.5) is 0 Å². The van der Waals surface area contributed by atoms with Gasteiger partial charge in [-0.3, -0.25) is 4.21 Å². The molecule has 1 aliphatic rings. The van der Waals surface area contributed by atoms with Gasteiger partial charge in [0.05, 0.1) is 4.75 Å². The molecule has 128 valence electrons. The molecule has 1 aromatic heterocycles. The highest BCUT2D eigenvalue weighted by molar-refractivity contribution is 7.80. The van der Waals surface area contributed by atoms with Crippen LogP contribution in [0.25, 0.3) is 0 Å². The minimum atomic E-state index is -2.11. The van der Waals surface area contributed by atoms with Crippen molar-refractivity contribution in [1.29, 1.82) is 0 Å². The second-order valence-corrected chi connectivity index (χ2v) is 7.92. The highest BCUT2D eigenvalue weighted by atomic mass is 32.2. The number of carboxylic acids is 1. The van der Waals surface area contributed by atoms with Crippen LogP contribution in [0, 0.1) is 0 Å². The first kappa shape index (κ1) is 16.9. The SMILES string of the molecule is CC(C)c1cc(C(=O)O)n(Cc2ccc(C3(S(=O)[O-])CC3)cc2)c1. The number of hydrogen-bond donors (Lipinski definition) is 1. The van der Waals surface area contributed by atoms with Crippen molar-refractivity contribution >= 4 is 17.0 Å². The number of hydrogen-bond acceptors (Lipinski definition) is 3. The summed E-state index contributed by atoms with van der Waals surface area (Å²) in [5.41, 5.74) is 3.01. The third-order valence-corrected chi connectivity index (χ3v) is 5.94. The van der Waals surface area contributed by atoms with Gasteiger partial charge in [0.1, 0.15) is 5.69 Å². The Kier molecular flexibility index (Phi) is 4.36. The summed E-state index contributed by atoms with van der Waals surface area (Å²) < 4.78 is 23.8. The lowest BCUT2D eigenvalue weighted by Gasteiger charge is -2.19. The molecule has 1 saturated carbocycles. The maximum Gasteiger partial charge on any atom is 0.352 e. The van der Waals surface area contributed by atoms with Gasteiger partial charge in [0, 0.05) is 12.7 Å². The van der Waals surface area contributed by atoms with Crippen molar-refractivity contribution in [2.24, 2.45) is 0 Å². The van der Waals surface area contributed by atoms with Crippen LogP contribution in [0.15, 0.2) is 36.5 Å². The molecule has 0 saturated heterocycles. The maximum atomic E-state index is 11.4. The molecule has 1 N–H and O–H groups in total. The van der Waals surface area contributed by atoms with Gasteiger partial charge in [0.2, 0.25) is 0 Å². The van der Waals surface area contributed by atoms with E-state index in [1.165, 1.54) is 0 Å². The Labute approximate surface area is 143 Å². The van der Waals surface area contributed by atoms with Gasteiger partial charge in [-0.25, -0.2) is 4.79 Å². The van der Waals surface area contributed by atoms with Gasteiger partial charge in [0.25, 0.3) is 0 Å². The molecule has 6 heteroatoms. The van der Waals surface area contributed by atoms with Crippen LogP contribution in [-0.4, -0.2) is 24.4 Å². The molecular weight excluding hydrogens is 326 g/mol. The van der Waals surface area contributed by atoms with Crippen molar-refractivity contribution in [3.8, 4) is 0 Å². The largest absolute Gasteiger partial charge is 0.772 e. The maximum absolute atomic E-state index is 11.4. The summed E-state index contributed by atoms with van der Waals surface area (Å²) in [5.74, 6) is -0.689. The number of rotatable bonds is 6. The zero-order valence-corrected chi connectivity index (χ0v) is 14.5. The Morgan fingerprint density at radius 2 is 1.96 bits per heavy atom. The van der Waals surface area contributed by atoms with E-state index in [1.807, 2.05) is 44.3 Å². The fourth-order valence-corrected chi connectivity index (χ4v) is 3.70. The van der Waals surface area contributed by atoms with Crippen LogP contribution in [-0.2, 0) is 22.4 Å². The number of aromatic carboxylic acids is 1. The van der Waals surface area contributed by atoms with Gasteiger partial charge in [-0.2, -0.15) is 0 Å². The van der Waals surface area contributed by atoms with Crippen molar-refractivity contribution in [1.82, 2.24) is 4.57 Å². The fraction of sp³-hybridized carbons (Fsp3) is 0.389. The smallest absolute Gasteiger partial charge is 0.352 e. The molecule has 24 heavy (non-hydrogen) atoms. The summed E-state index contributed by atoms with van der Waals surface area (Å²) in [4.78, 5) is 11.4. The molecule has 3 rings (SSSR count). The molecule has 1 heterocycles. The summed E-state index contributed by atoms with van der Waals surface area (Å²) in [6.07, 6.45) is 3.21. The Morgan fingerprint density at radius 1 is 1.33 bits per heavy atom. The minimum absolute atomic E-state index is 0.258. The molecule has 5 nitrogen and oxygen atoms in total. The third kappa shape index (κ3) is 3.03. The van der Waals surface area contributed by atoms with Gasteiger partial charge in [-0.15, -0.1) is 0 Å². The van der Waals surface area contributed by atoms with E-state index in [4.69, 9.17) is 0 Å². The molecule has 2 aromatic rings. The lowest BCUT2D eigenvalue weighted by atomic mass is 10.1. The number of carboxylic acid groups (broad SMARTS) is 1. The Bertz CT molecular complexity index is 788. The van der Waals surface area contributed by atoms with Gasteiger partial charge in [-0.1, -0.05) is 38.1 Å². The number of nitrogens with zero attached hydrogens (tertiary/aromatic N) is 1. The van der Waals surface area contributed by atoms with Crippen LogP contribution in [0.2, 0.25) is 0 Å². The summed E-state index contributed by atoms with van der Waals surface area (Å²) in [6, 6.07) is 9.14. The summed E-state index contributed by atoms with van der Waals surface area (Å²) in [5, 5.41) is 9.37. The number of aromatic nitrogens is 1. The minimum Gasteiger partial charge on any atom is -0.772 e. The highest BCUT2D eigenvalue weighted by Gasteiger charge is 2.45. The normalized spacial score (nSPS) is 17.0. The average molecular weight is 346 g/mol. The lowest BCUT2D eigenvalue weighted by molar-refractivity contribution is 0.0685. The van der Waals surface area contributed by atoms with Crippen molar-refractivity contribution in [3.05, 3.63) is 58.9 Å². The number of carbonyl (C=O) groups is 1. The number of benzene rings is 1. The van der Waals surface area contributed by atoms with E-state index in [0.717, 1.165) is 16.7 Å². The Balaban J connectivity index is 1.84.